The number of nitrogens with zero attached hydrogens (tertiary/aromatic N) is 3. The summed E-state index contributed by atoms with van der Waals surface area (Å²) in [6, 6.07) is 10.2. The van der Waals surface area contributed by atoms with E-state index in [1.807, 2.05) is 12.1 Å². The van der Waals surface area contributed by atoms with Crippen molar-refractivity contribution in [2.24, 2.45) is 0 Å². The highest BCUT2D eigenvalue weighted by atomic mass is 16.5. The summed E-state index contributed by atoms with van der Waals surface area (Å²) in [4.78, 5) is 26.7. The van der Waals surface area contributed by atoms with Crippen LogP contribution in [0.4, 0.5) is 23.1 Å². The van der Waals surface area contributed by atoms with E-state index in [0.717, 1.165) is 57.2 Å². The fourth-order valence-electron chi connectivity index (χ4n) is 3.92. The van der Waals surface area contributed by atoms with Crippen LogP contribution in [0.2, 0.25) is 0 Å². The van der Waals surface area contributed by atoms with E-state index in [4.69, 9.17) is 4.74 Å². The van der Waals surface area contributed by atoms with Crippen LogP contribution in [0.1, 0.15) is 6.42 Å². The maximum Gasteiger partial charge on any atom is 0.261 e. The molecular formula is C21H25N7O2. The summed E-state index contributed by atoms with van der Waals surface area (Å²) >= 11 is 0. The van der Waals surface area contributed by atoms with Gasteiger partial charge < -0.3 is 30.6 Å². The highest BCUT2D eigenvalue weighted by Gasteiger charge is 2.18. The maximum atomic E-state index is 12.5. The van der Waals surface area contributed by atoms with Crippen LogP contribution < -0.4 is 26.4 Å². The Morgan fingerprint density at radius 2 is 1.93 bits per heavy atom. The lowest BCUT2D eigenvalue weighted by molar-refractivity contribution is 0.122. The molecule has 0 bridgehead atoms. The van der Waals surface area contributed by atoms with Crippen molar-refractivity contribution in [1.82, 2.24) is 20.3 Å². The Hall–Kier alpha value is -3.17. The summed E-state index contributed by atoms with van der Waals surface area (Å²) < 4.78 is 5.42. The number of benzene rings is 1. The molecule has 2 aliphatic rings. The van der Waals surface area contributed by atoms with Gasteiger partial charge in [0.15, 0.2) is 0 Å². The standard InChI is InChI=1S/C21H25N7O2/c29-20-18-17(6-8-23-20)26-21(25-15-5-7-22-13-15)27-19(18)24-14-1-3-16(4-2-14)28-9-11-30-12-10-28/h1-4,6,8,15,22H,5,7,9-13H2,(H,23,29)(H2,24,25,26,27). The Balaban J connectivity index is 1.44. The largest absolute Gasteiger partial charge is 0.378 e. The Bertz CT molecular complexity index is 1070. The van der Waals surface area contributed by atoms with Crippen LogP contribution in [0.3, 0.4) is 0 Å². The van der Waals surface area contributed by atoms with Crippen LogP contribution in [-0.2, 0) is 4.74 Å². The van der Waals surface area contributed by atoms with Crippen molar-refractivity contribution in [3.05, 3.63) is 46.9 Å². The normalized spacial score (nSPS) is 19.2. The van der Waals surface area contributed by atoms with Crippen molar-refractivity contribution in [1.29, 1.82) is 0 Å². The minimum Gasteiger partial charge on any atom is -0.378 e. The van der Waals surface area contributed by atoms with Gasteiger partial charge in [0.2, 0.25) is 5.95 Å². The highest BCUT2D eigenvalue weighted by molar-refractivity contribution is 5.91. The molecule has 2 aromatic heterocycles. The summed E-state index contributed by atoms with van der Waals surface area (Å²) in [6.07, 6.45) is 2.63. The zero-order valence-electron chi connectivity index (χ0n) is 16.6. The zero-order valence-corrected chi connectivity index (χ0v) is 16.6. The molecule has 2 aliphatic heterocycles. The fourth-order valence-corrected chi connectivity index (χ4v) is 3.92. The molecule has 4 N–H and O–H groups in total. The average Bonchev–Trinajstić information content (AvgIpc) is 3.28. The van der Waals surface area contributed by atoms with Crippen LogP contribution in [0.5, 0.6) is 0 Å². The molecule has 3 aromatic rings. The number of pyridine rings is 1. The van der Waals surface area contributed by atoms with E-state index in [-0.39, 0.29) is 11.6 Å². The third-order valence-electron chi connectivity index (χ3n) is 5.52. The number of hydrogen-bond acceptors (Lipinski definition) is 8. The number of H-pyrrole nitrogens is 1. The van der Waals surface area contributed by atoms with E-state index in [1.165, 1.54) is 0 Å². The molecule has 5 rings (SSSR count). The number of anilines is 4. The number of hydrogen-bond donors (Lipinski definition) is 4. The zero-order chi connectivity index (χ0) is 20.3. The first-order chi connectivity index (χ1) is 14.8. The molecule has 0 amide bonds. The maximum absolute atomic E-state index is 12.5. The Labute approximate surface area is 173 Å². The van der Waals surface area contributed by atoms with Gasteiger partial charge in [-0.05, 0) is 43.3 Å². The van der Waals surface area contributed by atoms with Crippen LogP contribution in [0.25, 0.3) is 10.9 Å². The SMILES string of the molecule is O=c1[nH]ccc2nc(NC3CCNC3)nc(Nc3ccc(N4CCOCC4)cc3)c12. The number of ether oxygens (including phenoxy) is 1. The quantitative estimate of drug-likeness (QED) is 0.506. The molecule has 4 heterocycles. The molecule has 1 aromatic carbocycles. The second-order valence-corrected chi connectivity index (χ2v) is 7.57. The van der Waals surface area contributed by atoms with Gasteiger partial charge in [-0.3, -0.25) is 4.79 Å². The molecule has 0 saturated carbocycles. The molecule has 0 aliphatic carbocycles. The van der Waals surface area contributed by atoms with E-state index in [9.17, 15) is 4.79 Å². The molecule has 9 nitrogen and oxygen atoms in total. The first-order valence-electron chi connectivity index (χ1n) is 10.3. The number of aromatic amines is 1. The van der Waals surface area contributed by atoms with Gasteiger partial charge in [0.25, 0.3) is 5.56 Å². The van der Waals surface area contributed by atoms with Gasteiger partial charge in [0.05, 0.1) is 18.7 Å². The van der Waals surface area contributed by atoms with Gasteiger partial charge in [-0.1, -0.05) is 0 Å². The molecule has 1 atom stereocenters. The van der Waals surface area contributed by atoms with Gasteiger partial charge in [0, 0.05) is 43.2 Å². The van der Waals surface area contributed by atoms with Crippen molar-refractivity contribution < 1.29 is 4.74 Å². The van der Waals surface area contributed by atoms with Crippen molar-refractivity contribution in [3.63, 3.8) is 0 Å². The van der Waals surface area contributed by atoms with Gasteiger partial charge in [-0.25, -0.2) is 4.98 Å². The Morgan fingerprint density at radius 1 is 1.10 bits per heavy atom. The average molecular weight is 407 g/mol. The third kappa shape index (κ3) is 3.94. The summed E-state index contributed by atoms with van der Waals surface area (Å²) in [5, 5.41) is 10.5. The minimum atomic E-state index is -0.214. The molecular weight excluding hydrogens is 382 g/mol. The van der Waals surface area contributed by atoms with Crippen molar-refractivity contribution in [2.45, 2.75) is 12.5 Å². The smallest absolute Gasteiger partial charge is 0.261 e. The highest BCUT2D eigenvalue weighted by Crippen LogP contribution is 2.25. The predicted octanol–water partition coefficient (Wildman–Crippen LogP) is 1.67. The first-order valence-corrected chi connectivity index (χ1v) is 10.3. The van der Waals surface area contributed by atoms with Gasteiger partial charge >= 0.3 is 0 Å². The van der Waals surface area contributed by atoms with Crippen LogP contribution in [-0.4, -0.2) is 60.4 Å². The monoisotopic (exact) mass is 407 g/mol. The Morgan fingerprint density at radius 3 is 2.70 bits per heavy atom. The van der Waals surface area contributed by atoms with Gasteiger partial charge in [-0.15, -0.1) is 0 Å². The first kappa shape index (κ1) is 18.8. The third-order valence-corrected chi connectivity index (χ3v) is 5.52. The molecule has 0 spiro atoms. The number of nitrogens with one attached hydrogen (secondary N) is 4. The van der Waals surface area contributed by atoms with E-state index >= 15 is 0 Å². The molecule has 2 fully saturated rings. The second kappa shape index (κ2) is 8.29. The number of morpholine rings is 1. The van der Waals surface area contributed by atoms with E-state index < -0.39 is 0 Å². The molecule has 2 saturated heterocycles. The molecule has 30 heavy (non-hydrogen) atoms. The van der Waals surface area contributed by atoms with Crippen LogP contribution in [0.15, 0.2) is 41.3 Å². The lowest BCUT2D eigenvalue weighted by Crippen LogP contribution is -2.36. The molecule has 1 unspecified atom stereocenters. The minimum absolute atomic E-state index is 0.214. The topological polar surface area (TPSA) is 107 Å². The predicted molar refractivity (Wildman–Crippen MR) is 118 cm³/mol. The summed E-state index contributed by atoms with van der Waals surface area (Å²) in [7, 11) is 0. The number of aromatic nitrogens is 3. The van der Waals surface area contributed by atoms with Gasteiger partial charge in [-0.2, -0.15) is 4.98 Å². The van der Waals surface area contributed by atoms with Crippen LogP contribution in [0, 0.1) is 0 Å². The van der Waals surface area contributed by atoms with Crippen molar-refractivity contribution in [3.8, 4) is 0 Å². The van der Waals surface area contributed by atoms with Crippen LogP contribution >= 0.6 is 0 Å². The Kier molecular flexibility index (Phi) is 5.20. The summed E-state index contributed by atoms with van der Waals surface area (Å²) in [5.41, 5.74) is 2.41. The lowest BCUT2D eigenvalue weighted by Gasteiger charge is -2.28. The second-order valence-electron chi connectivity index (χ2n) is 7.57. The number of rotatable bonds is 5. The summed E-state index contributed by atoms with van der Waals surface area (Å²) in [5.74, 6) is 1.02. The molecule has 9 heteroatoms. The van der Waals surface area contributed by atoms with E-state index in [2.05, 4.69) is 47.9 Å². The van der Waals surface area contributed by atoms with Gasteiger partial charge in [0.1, 0.15) is 11.2 Å². The van der Waals surface area contributed by atoms with Crippen molar-refractivity contribution in [2.75, 3.05) is 54.9 Å². The molecule has 0 radical (unpaired) electrons. The van der Waals surface area contributed by atoms with E-state index in [1.54, 1.807) is 12.3 Å². The number of fused-ring (bicyclic) bond motifs is 1. The fraction of sp³-hybridized carbons (Fsp3) is 0.381. The van der Waals surface area contributed by atoms with E-state index in [0.29, 0.717) is 22.7 Å². The molecule has 156 valence electrons. The lowest BCUT2D eigenvalue weighted by atomic mass is 10.2. The van der Waals surface area contributed by atoms with Crippen molar-refractivity contribution >= 4 is 34.0 Å². The summed E-state index contributed by atoms with van der Waals surface area (Å²) in [6.45, 7) is 5.14.